The van der Waals surface area contributed by atoms with Crippen LogP contribution in [0.4, 0.5) is 0 Å². The number of quaternary nitrogens is 1. The minimum absolute atomic E-state index is 0.00485. The van der Waals surface area contributed by atoms with Crippen molar-refractivity contribution in [2.24, 2.45) is 34.5 Å². The predicted molar refractivity (Wildman–Crippen MR) is 153 cm³/mol. The SMILES string of the molecule is C=CC[N+]1(C2C[C@H]3[C@@H]4CCC5CC(O)C(N6CCC(O)CC6)C[C@]5(C)[C@@H]4CC[C@]3(C)C2OC(C)=O)CCCC1. The van der Waals surface area contributed by atoms with Crippen LogP contribution >= 0.6 is 0 Å². The number of aliphatic hydroxyl groups is 2. The maximum Gasteiger partial charge on any atom is 0.303 e. The Balaban J connectivity index is 1.29. The molecule has 2 N–H and O–H groups in total. The minimum Gasteiger partial charge on any atom is -0.456 e. The zero-order valence-electron chi connectivity index (χ0n) is 24.9. The van der Waals surface area contributed by atoms with E-state index in [9.17, 15) is 15.0 Å². The van der Waals surface area contributed by atoms with Gasteiger partial charge in [-0.25, -0.2) is 0 Å². The highest BCUT2D eigenvalue weighted by Crippen LogP contribution is 2.67. The molecule has 6 heteroatoms. The summed E-state index contributed by atoms with van der Waals surface area (Å²) in [6.45, 7) is 16.0. The van der Waals surface area contributed by atoms with Gasteiger partial charge in [-0.2, -0.15) is 0 Å². The maximum absolute atomic E-state index is 12.5. The highest BCUT2D eigenvalue weighted by molar-refractivity contribution is 5.66. The van der Waals surface area contributed by atoms with Gasteiger partial charge in [0.05, 0.1) is 31.8 Å². The number of rotatable bonds is 5. The third-order valence-corrected chi connectivity index (χ3v) is 13.5. The number of aliphatic hydroxyl groups excluding tert-OH is 2. The summed E-state index contributed by atoms with van der Waals surface area (Å²) < 4.78 is 7.43. The highest BCUT2D eigenvalue weighted by Gasteiger charge is 2.67. The van der Waals surface area contributed by atoms with Crippen LogP contribution in [0.5, 0.6) is 0 Å². The number of carbonyl (C=O) groups is 1. The van der Waals surface area contributed by atoms with Gasteiger partial charge in [0.2, 0.25) is 0 Å². The van der Waals surface area contributed by atoms with E-state index in [-0.39, 0.29) is 41.2 Å². The Labute approximate surface area is 236 Å². The van der Waals surface area contributed by atoms with Gasteiger partial charge in [-0.05, 0) is 86.5 Å². The molecule has 220 valence electrons. The average Bonchev–Trinajstić information content (AvgIpc) is 3.48. The molecule has 6 aliphatic rings. The summed E-state index contributed by atoms with van der Waals surface area (Å²) in [5.41, 5.74) is 0.298. The molecule has 2 saturated heterocycles. The number of fused-ring (bicyclic) bond motifs is 5. The molecular formula is C33H55N2O4+. The monoisotopic (exact) mass is 543 g/mol. The zero-order chi connectivity index (χ0) is 27.6. The van der Waals surface area contributed by atoms with Gasteiger partial charge in [-0.15, -0.1) is 0 Å². The number of esters is 1. The van der Waals surface area contributed by atoms with Gasteiger partial charge in [-0.1, -0.05) is 20.4 Å². The van der Waals surface area contributed by atoms with Crippen LogP contribution in [-0.4, -0.2) is 88.7 Å². The average molecular weight is 544 g/mol. The Morgan fingerprint density at radius 3 is 2.41 bits per heavy atom. The van der Waals surface area contributed by atoms with E-state index < -0.39 is 0 Å². The van der Waals surface area contributed by atoms with Gasteiger partial charge in [0.1, 0.15) is 6.04 Å². The molecule has 10 atom stereocenters. The van der Waals surface area contributed by atoms with E-state index >= 15 is 0 Å². The second kappa shape index (κ2) is 10.4. The fraction of sp³-hybridized carbons (Fsp3) is 0.909. The number of hydrogen-bond donors (Lipinski definition) is 2. The number of ether oxygens (including phenoxy) is 1. The van der Waals surface area contributed by atoms with Gasteiger partial charge in [-0.3, -0.25) is 9.69 Å². The number of likely N-dealkylation sites (tertiary alicyclic amines) is 2. The Bertz CT molecular complexity index is 927. The lowest BCUT2D eigenvalue weighted by atomic mass is 9.44. The molecule has 6 rings (SSSR count). The van der Waals surface area contributed by atoms with Gasteiger partial charge in [0, 0.05) is 50.7 Å². The smallest absolute Gasteiger partial charge is 0.303 e. The number of piperidine rings is 1. The molecule has 5 unspecified atom stereocenters. The first-order valence-corrected chi connectivity index (χ1v) is 16.4. The zero-order valence-corrected chi connectivity index (χ0v) is 24.9. The van der Waals surface area contributed by atoms with Crippen molar-refractivity contribution in [3.8, 4) is 0 Å². The summed E-state index contributed by atoms with van der Waals surface area (Å²) in [5.74, 6) is 2.45. The lowest BCUT2D eigenvalue weighted by Gasteiger charge is -2.62. The third kappa shape index (κ3) is 4.55. The van der Waals surface area contributed by atoms with E-state index in [4.69, 9.17) is 4.74 Å². The Hall–Kier alpha value is -0.950. The van der Waals surface area contributed by atoms with Crippen molar-refractivity contribution >= 4 is 5.97 Å². The summed E-state index contributed by atoms with van der Waals surface area (Å²) in [6, 6.07) is 0.608. The van der Waals surface area contributed by atoms with E-state index in [1.54, 1.807) is 6.92 Å². The van der Waals surface area contributed by atoms with Crippen LogP contribution in [0.3, 0.4) is 0 Å². The van der Waals surface area contributed by atoms with Crippen molar-refractivity contribution in [2.75, 3.05) is 32.7 Å². The van der Waals surface area contributed by atoms with E-state index in [0.29, 0.717) is 29.7 Å². The van der Waals surface area contributed by atoms with Crippen LogP contribution in [0.25, 0.3) is 0 Å². The molecule has 4 aliphatic carbocycles. The third-order valence-electron chi connectivity index (χ3n) is 13.5. The quantitative estimate of drug-likeness (QED) is 0.303. The van der Waals surface area contributed by atoms with E-state index in [2.05, 4.69) is 31.4 Å². The number of nitrogens with zero attached hydrogens (tertiary/aromatic N) is 2. The van der Waals surface area contributed by atoms with Gasteiger partial charge in [0.25, 0.3) is 0 Å². The molecule has 0 spiro atoms. The van der Waals surface area contributed by atoms with E-state index in [0.717, 1.165) is 56.2 Å². The fourth-order valence-electron chi connectivity index (χ4n) is 11.6. The molecule has 39 heavy (non-hydrogen) atoms. The van der Waals surface area contributed by atoms with Crippen LogP contribution in [0, 0.1) is 34.5 Å². The van der Waals surface area contributed by atoms with Gasteiger partial charge >= 0.3 is 5.97 Å². The molecule has 0 aromatic heterocycles. The van der Waals surface area contributed by atoms with Crippen molar-refractivity contribution in [3.63, 3.8) is 0 Å². The van der Waals surface area contributed by atoms with Crippen LogP contribution in [-0.2, 0) is 9.53 Å². The van der Waals surface area contributed by atoms with Crippen LogP contribution in [0.2, 0.25) is 0 Å². The van der Waals surface area contributed by atoms with Gasteiger partial charge < -0.3 is 19.4 Å². The molecule has 2 heterocycles. The molecule has 0 amide bonds. The van der Waals surface area contributed by atoms with Crippen molar-refractivity contribution in [3.05, 3.63) is 12.7 Å². The molecule has 0 radical (unpaired) electrons. The number of hydrogen-bond acceptors (Lipinski definition) is 5. The second-order valence-corrected chi connectivity index (χ2v) is 15.2. The summed E-state index contributed by atoms with van der Waals surface area (Å²) in [7, 11) is 0. The summed E-state index contributed by atoms with van der Waals surface area (Å²) in [5, 5.41) is 21.4. The van der Waals surface area contributed by atoms with Crippen molar-refractivity contribution in [2.45, 2.75) is 122 Å². The molecule has 0 bridgehead atoms. The summed E-state index contributed by atoms with van der Waals surface area (Å²) in [6.07, 6.45) is 14.0. The second-order valence-electron chi connectivity index (χ2n) is 15.2. The molecule has 4 saturated carbocycles. The fourth-order valence-corrected chi connectivity index (χ4v) is 11.6. The lowest BCUT2D eigenvalue weighted by molar-refractivity contribution is -0.937. The van der Waals surface area contributed by atoms with E-state index in [1.165, 1.54) is 51.6 Å². The normalized spacial score (nSPS) is 48.1. The molecular weight excluding hydrogens is 488 g/mol. The minimum atomic E-state index is -0.244. The summed E-state index contributed by atoms with van der Waals surface area (Å²) >= 11 is 0. The van der Waals surface area contributed by atoms with Crippen molar-refractivity contribution in [1.29, 1.82) is 0 Å². The van der Waals surface area contributed by atoms with Crippen molar-refractivity contribution < 1.29 is 24.2 Å². The lowest BCUT2D eigenvalue weighted by Crippen LogP contribution is -2.61. The van der Waals surface area contributed by atoms with Crippen LogP contribution in [0.1, 0.15) is 91.4 Å². The maximum atomic E-state index is 12.5. The largest absolute Gasteiger partial charge is 0.456 e. The Morgan fingerprint density at radius 1 is 1.03 bits per heavy atom. The topological polar surface area (TPSA) is 70.0 Å². The first-order valence-electron chi connectivity index (χ1n) is 16.4. The highest BCUT2D eigenvalue weighted by atomic mass is 16.5. The predicted octanol–water partition coefficient (Wildman–Crippen LogP) is 4.53. The van der Waals surface area contributed by atoms with Gasteiger partial charge in [0.15, 0.2) is 6.10 Å². The first kappa shape index (κ1) is 28.2. The molecule has 0 aromatic carbocycles. The Kier molecular flexibility index (Phi) is 7.51. The van der Waals surface area contributed by atoms with Crippen molar-refractivity contribution in [1.82, 2.24) is 4.90 Å². The molecule has 0 aromatic rings. The summed E-state index contributed by atoms with van der Waals surface area (Å²) in [4.78, 5) is 15.0. The molecule has 2 aliphatic heterocycles. The van der Waals surface area contributed by atoms with Crippen LogP contribution in [0.15, 0.2) is 12.7 Å². The van der Waals surface area contributed by atoms with Crippen LogP contribution < -0.4 is 0 Å². The van der Waals surface area contributed by atoms with E-state index in [1.807, 2.05) is 0 Å². The molecule has 6 fully saturated rings. The standard InChI is InChI=1S/C33H55N2O4/c1-5-16-35(17-6-7-18-35)29-20-27-25-9-8-23-19-30(38)28(34-14-11-24(37)12-15-34)21-33(23,4)26(25)10-13-32(27,3)31(29)39-22(2)36/h5,23-31,37-38H,1,6-21H2,2-4H3/q+1/t23?,25-,26-,27+,28?,29?,30?,31?,32+,33+/m1/s1. The molecule has 6 nitrogen and oxygen atoms in total. The number of carbonyl (C=O) groups excluding carboxylic acids is 1. The Morgan fingerprint density at radius 2 is 1.74 bits per heavy atom. The first-order chi connectivity index (χ1) is 18.6.